The minimum atomic E-state index is -0.362. The first-order chi connectivity index (χ1) is 8.45. The Hall–Kier alpha value is -2.04. The molecule has 0 saturated carbocycles. The lowest BCUT2D eigenvalue weighted by Crippen LogP contribution is -2.05. The van der Waals surface area contributed by atoms with Crippen LogP contribution in [0.3, 0.4) is 0 Å². The van der Waals surface area contributed by atoms with Crippen molar-refractivity contribution in [3.8, 4) is 11.5 Å². The summed E-state index contributed by atoms with van der Waals surface area (Å²) in [6.07, 6.45) is 0.411. The van der Waals surface area contributed by atoms with Crippen LogP contribution in [0.5, 0.6) is 11.5 Å². The van der Waals surface area contributed by atoms with Crippen molar-refractivity contribution in [2.24, 2.45) is 0 Å². The summed E-state index contributed by atoms with van der Waals surface area (Å²) in [6, 6.07) is 2.94. The van der Waals surface area contributed by atoms with E-state index in [1.807, 2.05) is 0 Å². The molecule has 0 aromatic heterocycles. The number of aromatic hydroxyl groups is 1. The molecule has 0 heterocycles. The largest absolute Gasteiger partial charge is 0.507 e. The number of phenolic OH excluding ortho intramolecular Hbond substituents is 1. The van der Waals surface area contributed by atoms with Crippen LogP contribution in [0.15, 0.2) is 12.1 Å². The van der Waals surface area contributed by atoms with Gasteiger partial charge in [-0.3, -0.25) is 9.59 Å². The molecule has 1 aromatic rings. The summed E-state index contributed by atoms with van der Waals surface area (Å²) in [6.45, 7) is 2.89. The number of benzene rings is 1. The molecule has 0 spiro atoms. The van der Waals surface area contributed by atoms with Crippen LogP contribution in [0.4, 0.5) is 0 Å². The zero-order valence-corrected chi connectivity index (χ0v) is 10.6. The maximum atomic E-state index is 11.3. The molecular formula is C13H16O5. The van der Waals surface area contributed by atoms with E-state index in [1.165, 1.54) is 33.1 Å². The van der Waals surface area contributed by atoms with Gasteiger partial charge in [0.2, 0.25) is 0 Å². The predicted octanol–water partition coefficient (Wildman–Crippen LogP) is 1.71. The number of hydrogen-bond donors (Lipinski definition) is 1. The van der Waals surface area contributed by atoms with Crippen molar-refractivity contribution in [1.82, 2.24) is 0 Å². The zero-order valence-electron chi connectivity index (χ0n) is 10.6. The van der Waals surface area contributed by atoms with Gasteiger partial charge in [-0.15, -0.1) is 0 Å². The van der Waals surface area contributed by atoms with Crippen molar-refractivity contribution < 1.29 is 24.2 Å². The highest BCUT2D eigenvalue weighted by Gasteiger charge is 2.13. The Bertz CT molecular complexity index is 465. The Morgan fingerprint density at radius 1 is 1.28 bits per heavy atom. The second-order valence-corrected chi connectivity index (χ2v) is 3.83. The highest BCUT2D eigenvalue weighted by atomic mass is 16.5. The van der Waals surface area contributed by atoms with E-state index in [0.717, 1.165) is 0 Å². The molecule has 0 saturated heterocycles. The Balaban J connectivity index is 2.94. The number of esters is 1. The van der Waals surface area contributed by atoms with Crippen molar-refractivity contribution in [3.05, 3.63) is 23.3 Å². The number of phenols is 1. The summed E-state index contributed by atoms with van der Waals surface area (Å²) in [5.41, 5.74) is 0.893. The van der Waals surface area contributed by atoms with E-state index in [9.17, 15) is 14.7 Å². The van der Waals surface area contributed by atoms with E-state index in [1.54, 1.807) is 0 Å². The maximum Gasteiger partial charge on any atom is 0.302 e. The third-order valence-corrected chi connectivity index (χ3v) is 2.45. The summed E-state index contributed by atoms with van der Waals surface area (Å²) in [5, 5.41) is 9.71. The summed E-state index contributed by atoms with van der Waals surface area (Å²) in [4.78, 5) is 21.9. The van der Waals surface area contributed by atoms with Gasteiger partial charge in [-0.1, -0.05) is 0 Å². The van der Waals surface area contributed by atoms with Crippen LogP contribution in [0.25, 0.3) is 0 Å². The molecule has 0 amide bonds. The third kappa shape index (κ3) is 3.48. The molecule has 1 N–H and O–H groups in total. The first-order valence-corrected chi connectivity index (χ1v) is 5.50. The van der Waals surface area contributed by atoms with Gasteiger partial charge in [-0.2, -0.15) is 0 Å². The molecule has 5 nitrogen and oxygen atoms in total. The first kappa shape index (κ1) is 14.0. The molecule has 0 radical (unpaired) electrons. The van der Waals surface area contributed by atoms with E-state index in [0.29, 0.717) is 17.7 Å². The highest BCUT2D eigenvalue weighted by Crippen LogP contribution is 2.28. The molecule has 0 atom stereocenters. The molecule has 18 heavy (non-hydrogen) atoms. The number of rotatable bonds is 5. The number of ketones is 1. The summed E-state index contributed by atoms with van der Waals surface area (Å²) in [7, 11) is 1.48. The quantitative estimate of drug-likeness (QED) is 0.638. The minimum absolute atomic E-state index is 0.0962. The second kappa shape index (κ2) is 6.05. The molecule has 0 aliphatic carbocycles. The Morgan fingerprint density at radius 2 is 1.94 bits per heavy atom. The lowest BCUT2D eigenvalue weighted by atomic mass is 10.0. The number of Topliss-reactive ketones (excluding diaryl/α,β-unsaturated/α-hetero) is 1. The highest BCUT2D eigenvalue weighted by molar-refractivity contribution is 5.97. The van der Waals surface area contributed by atoms with Crippen molar-refractivity contribution in [1.29, 1.82) is 0 Å². The number of hydrogen-bond acceptors (Lipinski definition) is 5. The van der Waals surface area contributed by atoms with Gasteiger partial charge in [0.05, 0.1) is 19.3 Å². The van der Waals surface area contributed by atoms with Gasteiger partial charge in [0.15, 0.2) is 5.78 Å². The predicted molar refractivity (Wildman–Crippen MR) is 65.0 cm³/mol. The smallest absolute Gasteiger partial charge is 0.302 e. The van der Waals surface area contributed by atoms with Crippen molar-refractivity contribution in [2.45, 2.75) is 20.3 Å². The van der Waals surface area contributed by atoms with Crippen LogP contribution in [0, 0.1) is 0 Å². The van der Waals surface area contributed by atoms with Crippen molar-refractivity contribution in [2.75, 3.05) is 13.7 Å². The lowest BCUT2D eigenvalue weighted by molar-refractivity contribution is -0.140. The Labute approximate surface area is 105 Å². The molecular weight excluding hydrogens is 236 g/mol. The van der Waals surface area contributed by atoms with E-state index in [-0.39, 0.29) is 29.7 Å². The van der Waals surface area contributed by atoms with Gasteiger partial charge in [-0.05, 0) is 19.1 Å². The standard InChI is InChI=1S/C13H16O5/c1-8(14)11-7-13(17-3)10(6-12(11)16)4-5-18-9(2)15/h6-7,16H,4-5H2,1-3H3. The number of ether oxygens (including phenoxy) is 2. The number of carbonyl (C=O) groups excluding carboxylic acids is 2. The first-order valence-electron chi connectivity index (χ1n) is 5.50. The van der Waals surface area contributed by atoms with Gasteiger partial charge >= 0.3 is 5.97 Å². The zero-order chi connectivity index (χ0) is 13.7. The molecule has 0 aliphatic rings. The van der Waals surface area contributed by atoms with Crippen molar-refractivity contribution >= 4 is 11.8 Å². The van der Waals surface area contributed by atoms with E-state index < -0.39 is 0 Å². The third-order valence-electron chi connectivity index (χ3n) is 2.45. The molecule has 5 heteroatoms. The fourth-order valence-corrected chi connectivity index (χ4v) is 1.58. The van der Waals surface area contributed by atoms with Crippen LogP contribution in [-0.4, -0.2) is 30.6 Å². The SMILES string of the molecule is COc1cc(C(C)=O)c(O)cc1CCOC(C)=O. The van der Waals surface area contributed by atoms with Gasteiger partial charge in [0, 0.05) is 18.9 Å². The molecule has 1 rings (SSSR count). The van der Waals surface area contributed by atoms with E-state index in [2.05, 4.69) is 0 Å². The monoisotopic (exact) mass is 252 g/mol. The summed E-state index contributed by atoms with van der Waals surface area (Å²) < 4.78 is 9.96. The molecule has 1 aromatic carbocycles. The minimum Gasteiger partial charge on any atom is -0.507 e. The van der Waals surface area contributed by atoms with Gasteiger partial charge in [-0.25, -0.2) is 0 Å². The Kier molecular flexibility index (Phi) is 4.71. The fourth-order valence-electron chi connectivity index (χ4n) is 1.58. The van der Waals surface area contributed by atoms with Crippen molar-refractivity contribution in [3.63, 3.8) is 0 Å². The second-order valence-electron chi connectivity index (χ2n) is 3.83. The van der Waals surface area contributed by atoms with Gasteiger partial charge < -0.3 is 14.6 Å². The normalized spacial score (nSPS) is 9.94. The maximum absolute atomic E-state index is 11.3. The van der Waals surface area contributed by atoms with Crippen LogP contribution >= 0.6 is 0 Å². The molecule has 0 fully saturated rings. The van der Waals surface area contributed by atoms with E-state index >= 15 is 0 Å². The summed E-state index contributed by atoms with van der Waals surface area (Å²) in [5.74, 6) is -0.206. The average Bonchev–Trinajstić information content (AvgIpc) is 2.28. The van der Waals surface area contributed by atoms with Crippen LogP contribution in [0.2, 0.25) is 0 Å². The molecule has 0 bridgehead atoms. The van der Waals surface area contributed by atoms with Crippen LogP contribution in [0.1, 0.15) is 29.8 Å². The lowest BCUT2D eigenvalue weighted by Gasteiger charge is -2.11. The topological polar surface area (TPSA) is 72.8 Å². The molecule has 0 aliphatic heterocycles. The Morgan fingerprint density at radius 3 is 2.44 bits per heavy atom. The van der Waals surface area contributed by atoms with Gasteiger partial charge in [0.1, 0.15) is 11.5 Å². The fraction of sp³-hybridized carbons (Fsp3) is 0.385. The number of carbonyl (C=O) groups is 2. The molecule has 98 valence electrons. The van der Waals surface area contributed by atoms with Crippen LogP contribution < -0.4 is 4.74 Å². The molecule has 0 unspecified atom stereocenters. The van der Waals surface area contributed by atoms with Crippen LogP contribution in [-0.2, 0) is 16.0 Å². The number of methoxy groups -OCH3 is 1. The van der Waals surface area contributed by atoms with E-state index in [4.69, 9.17) is 9.47 Å². The summed E-state index contributed by atoms with van der Waals surface area (Å²) >= 11 is 0. The average molecular weight is 252 g/mol. The van der Waals surface area contributed by atoms with Gasteiger partial charge in [0.25, 0.3) is 0 Å².